The predicted octanol–water partition coefficient (Wildman–Crippen LogP) is 4.32. The number of para-hydroxylation sites is 1. The number of anilines is 1. The number of nitrogens with one attached hydrogen (secondary N) is 1. The maximum absolute atomic E-state index is 13.5. The van der Waals surface area contributed by atoms with Crippen LogP contribution in [0, 0.1) is 11.6 Å². The fraction of sp³-hybridized carbons (Fsp3) is 0.0800. The molecule has 0 unspecified atom stereocenters. The molecular formula is C25H18F2N4O2. The molecule has 0 spiro atoms. The zero-order chi connectivity index (χ0) is 22.9. The molecule has 6 nitrogen and oxygen atoms in total. The van der Waals surface area contributed by atoms with Crippen molar-refractivity contribution in [1.29, 1.82) is 0 Å². The van der Waals surface area contributed by atoms with Crippen LogP contribution in [0.1, 0.15) is 5.56 Å². The lowest BCUT2D eigenvalue weighted by Gasteiger charge is -2.10. The number of carbonyl (C=O) groups excluding carboxylic acids is 1. The number of aromatic nitrogens is 3. The molecule has 8 heteroatoms. The van der Waals surface area contributed by atoms with E-state index >= 15 is 0 Å². The van der Waals surface area contributed by atoms with Crippen molar-refractivity contribution in [3.63, 3.8) is 0 Å². The highest BCUT2D eigenvalue weighted by Crippen LogP contribution is 2.25. The van der Waals surface area contributed by atoms with Gasteiger partial charge in [-0.2, -0.15) is 0 Å². The Balaban J connectivity index is 1.57. The minimum absolute atomic E-state index is 0.155. The van der Waals surface area contributed by atoms with E-state index in [1.54, 1.807) is 22.8 Å². The van der Waals surface area contributed by atoms with Crippen molar-refractivity contribution in [3.8, 4) is 0 Å². The normalized spacial score (nSPS) is 11.2. The van der Waals surface area contributed by atoms with Gasteiger partial charge in [-0.3, -0.25) is 14.2 Å². The molecule has 0 aliphatic rings. The van der Waals surface area contributed by atoms with E-state index in [0.717, 1.165) is 10.9 Å². The zero-order valence-corrected chi connectivity index (χ0v) is 17.3. The Labute approximate surface area is 186 Å². The first-order chi connectivity index (χ1) is 16.0. The highest BCUT2D eigenvalue weighted by molar-refractivity contribution is 6.06. The summed E-state index contributed by atoms with van der Waals surface area (Å²) in [6.07, 6.45) is 1.46. The van der Waals surface area contributed by atoms with Crippen LogP contribution in [0.25, 0.3) is 21.9 Å². The fourth-order valence-electron chi connectivity index (χ4n) is 3.92. The highest BCUT2D eigenvalue weighted by atomic mass is 19.1. The molecule has 0 fully saturated rings. The number of amides is 1. The van der Waals surface area contributed by atoms with Crippen LogP contribution >= 0.6 is 0 Å². The summed E-state index contributed by atoms with van der Waals surface area (Å²) in [6.45, 7) is 0.0527. The van der Waals surface area contributed by atoms with E-state index in [9.17, 15) is 18.4 Å². The van der Waals surface area contributed by atoms with Gasteiger partial charge >= 0.3 is 0 Å². The predicted molar refractivity (Wildman–Crippen MR) is 122 cm³/mol. The van der Waals surface area contributed by atoms with Gasteiger partial charge in [-0.1, -0.05) is 36.4 Å². The lowest BCUT2D eigenvalue weighted by molar-refractivity contribution is -0.116. The second-order valence-corrected chi connectivity index (χ2v) is 7.66. The molecule has 5 rings (SSSR count). The lowest BCUT2D eigenvalue weighted by Crippen LogP contribution is -2.25. The van der Waals surface area contributed by atoms with Crippen LogP contribution in [0.2, 0.25) is 0 Å². The van der Waals surface area contributed by atoms with Gasteiger partial charge in [0.15, 0.2) is 0 Å². The first-order valence-corrected chi connectivity index (χ1v) is 10.3. The first-order valence-electron chi connectivity index (χ1n) is 10.3. The van der Waals surface area contributed by atoms with Crippen molar-refractivity contribution >= 4 is 33.5 Å². The Morgan fingerprint density at radius 3 is 2.52 bits per heavy atom. The van der Waals surface area contributed by atoms with Crippen LogP contribution in [0.3, 0.4) is 0 Å². The number of rotatable bonds is 5. The van der Waals surface area contributed by atoms with Gasteiger partial charge in [0.05, 0.1) is 18.4 Å². The Morgan fingerprint density at radius 1 is 0.939 bits per heavy atom. The number of fused-ring (bicyclic) bond motifs is 3. The highest BCUT2D eigenvalue weighted by Gasteiger charge is 2.18. The van der Waals surface area contributed by atoms with Crippen LogP contribution < -0.4 is 10.9 Å². The molecule has 2 heterocycles. The summed E-state index contributed by atoms with van der Waals surface area (Å²) in [5.41, 5.74) is 2.21. The van der Waals surface area contributed by atoms with Crippen molar-refractivity contribution in [2.24, 2.45) is 0 Å². The third-order valence-corrected chi connectivity index (χ3v) is 5.41. The Bertz CT molecular complexity index is 1560. The van der Waals surface area contributed by atoms with Gasteiger partial charge in [-0.25, -0.2) is 13.8 Å². The van der Waals surface area contributed by atoms with E-state index in [4.69, 9.17) is 0 Å². The summed E-state index contributed by atoms with van der Waals surface area (Å²) in [6, 6.07) is 18.8. The largest absolute Gasteiger partial charge is 0.325 e. The van der Waals surface area contributed by atoms with Crippen molar-refractivity contribution < 1.29 is 13.6 Å². The SMILES string of the molecule is O=C(Cn1c2ccccc2c2ncn(Cc3ccc(F)cc3)c(=O)c21)Nc1cccc(F)c1. The van der Waals surface area contributed by atoms with E-state index in [1.165, 1.54) is 41.2 Å². The summed E-state index contributed by atoms with van der Waals surface area (Å²) in [7, 11) is 0. The number of carbonyl (C=O) groups is 1. The molecular weight excluding hydrogens is 426 g/mol. The standard InChI is InChI=1S/C25H18F2N4O2/c26-17-10-8-16(9-11-17)13-30-15-28-23-20-6-1-2-7-21(20)31(24(23)25(30)33)14-22(32)29-19-5-3-4-18(27)12-19/h1-12,15H,13-14H2,(H,29,32). The number of hydrogen-bond acceptors (Lipinski definition) is 3. The molecule has 3 aromatic carbocycles. The zero-order valence-electron chi connectivity index (χ0n) is 17.3. The number of benzene rings is 3. The first kappa shape index (κ1) is 20.6. The van der Waals surface area contributed by atoms with E-state index in [1.807, 2.05) is 24.3 Å². The van der Waals surface area contributed by atoms with Crippen LogP contribution in [-0.2, 0) is 17.9 Å². The van der Waals surface area contributed by atoms with Crippen molar-refractivity contribution in [2.75, 3.05) is 5.32 Å². The molecule has 2 aromatic heterocycles. The van der Waals surface area contributed by atoms with Gasteiger partial charge in [0.2, 0.25) is 5.91 Å². The number of nitrogens with zero attached hydrogens (tertiary/aromatic N) is 3. The van der Waals surface area contributed by atoms with Gasteiger partial charge in [-0.05, 0) is 42.0 Å². The molecule has 1 N–H and O–H groups in total. The summed E-state index contributed by atoms with van der Waals surface area (Å²) in [5.74, 6) is -1.22. The average molecular weight is 444 g/mol. The Morgan fingerprint density at radius 2 is 1.73 bits per heavy atom. The summed E-state index contributed by atoms with van der Waals surface area (Å²) >= 11 is 0. The minimum atomic E-state index is -0.461. The van der Waals surface area contributed by atoms with Gasteiger partial charge in [0.25, 0.3) is 5.56 Å². The van der Waals surface area contributed by atoms with Crippen molar-refractivity contribution in [3.05, 3.63) is 107 Å². The molecule has 0 atom stereocenters. The maximum Gasteiger partial charge on any atom is 0.278 e. The van der Waals surface area contributed by atoms with Crippen LogP contribution in [-0.4, -0.2) is 20.0 Å². The molecule has 0 aliphatic carbocycles. The third kappa shape index (κ3) is 3.98. The molecule has 33 heavy (non-hydrogen) atoms. The second-order valence-electron chi connectivity index (χ2n) is 7.66. The van der Waals surface area contributed by atoms with Crippen LogP contribution in [0.15, 0.2) is 83.9 Å². The van der Waals surface area contributed by atoms with Crippen molar-refractivity contribution in [1.82, 2.24) is 14.1 Å². The van der Waals surface area contributed by atoms with Crippen LogP contribution in [0.4, 0.5) is 14.5 Å². The van der Waals surface area contributed by atoms with Gasteiger partial charge < -0.3 is 9.88 Å². The molecule has 0 saturated heterocycles. The number of halogens is 2. The fourth-order valence-corrected chi connectivity index (χ4v) is 3.92. The molecule has 5 aromatic rings. The number of hydrogen-bond donors (Lipinski definition) is 1. The quantitative estimate of drug-likeness (QED) is 0.439. The summed E-state index contributed by atoms with van der Waals surface area (Å²) in [5, 5.41) is 3.41. The van der Waals surface area contributed by atoms with Crippen LogP contribution in [0.5, 0.6) is 0 Å². The van der Waals surface area contributed by atoms with E-state index in [2.05, 4.69) is 10.3 Å². The van der Waals surface area contributed by atoms with Gasteiger partial charge in [0.1, 0.15) is 29.2 Å². The lowest BCUT2D eigenvalue weighted by atomic mass is 10.2. The van der Waals surface area contributed by atoms with Gasteiger partial charge in [-0.15, -0.1) is 0 Å². The van der Waals surface area contributed by atoms with E-state index < -0.39 is 11.7 Å². The summed E-state index contributed by atoms with van der Waals surface area (Å²) in [4.78, 5) is 30.7. The molecule has 1 amide bonds. The monoisotopic (exact) mass is 444 g/mol. The van der Waals surface area contributed by atoms with Gasteiger partial charge in [0, 0.05) is 11.1 Å². The minimum Gasteiger partial charge on any atom is -0.325 e. The molecule has 0 aliphatic heterocycles. The molecule has 164 valence electrons. The van der Waals surface area contributed by atoms with E-state index in [0.29, 0.717) is 16.7 Å². The Hall–Kier alpha value is -4.33. The maximum atomic E-state index is 13.5. The third-order valence-electron chi connectivity index (χ3n) is 5.41. The Kier molecular flexibility index (Phi) is 5.18. The molecule has 0 saturated carbocycles. The summed E-state index contributed by atoms with van der Waals surface area (Å²) < 4.78 is 29.8. The van der Waals surface area contributed by atoms with E-state index in [-0.39, 0.29) is 30.0 Å². The smallest absolute Gasteiger partial charge is 0.278 e. The van der Waals surface area contributed by atoms with Crippen molar-refractivity contribution in [2.45, 2.75) is 13.1 Å². The average Bonchev–Trinajstić information content (AvgIpc) is 3.11. The molecule has 0 bridgehead atoms. The topological polar surface area (TPSA) is 68.9 Å². The molecule has 0 radical (unpaired) electrons. The second kappa shape index (κ2) is 8.31.